The molecule has 70 valence electrons. The lowest BCUT2D eigenvalue weighted by atomic mass is 10.1. The van der Waals surface area contributed by atoms with Gasteiger partial charge in [0.2, 0.25) is 0 Å². The van der Waals surface area contributed by atoms with Gasteiger partial charge in [0.05, 0.1) is 17.1 Å². The fourth-order valence-corrected chi connectivity index (χ4v) is 1.43. The maximum atomic E-state index is 10.6. The number of rotatable bonds is 2. The Kier molecular flexibility index (Phi) is 3.00. The number of hydrogen-bond acceptors (Lipinski definition) is 3. The molecule has 0 bridgehead atoms. The zero-order valence-electron chi connectivity index (χ0n) is 6.95. The van der Waals surface area contributed by atoms with Crippen LogP contribution in [0.4, 0.5) is 5.69 Å². The van der Waals surface area contributed by atoms with Gasteiger partial charge < -0.3 is 5.11 Å². The standard InChI is InChI=1S/C8H8BrNO3/c1-5-7(9)3-2-6(4-11)8(5)10(12)13/h2-3,11H,4H2,1H3. The Labute approximate surface area is 83.5 Å². The maximum Gasteiger partial charge on any atom is 0.278 e. The van der Waals surface area contributed by atoms with E-state index < -0.39 is 4.92 Å². The van der Waals surface area contributed by atoms with Crippen LogP contribution >= 0.6 is 15.9 Å². The van der Waals surface area contributed by atoms with Crippen molar-refractivity contribution in [3.63, 3.8) is 0 Å². The highest BCUT2D eigenvalue weighted by Crippen LogP contribution is 2.29. The molecule has 0 heterocycles. The highest BCUT2D eigenvalue weighted by Gasteiger charge is 2.18. The van der Waals surface area contributed by atoms with Gasteiger partial charge in [0, 0.05) is 10.0 Å². The molecule has 0 radical (unpaired) electrons. The number of nitro benzene ring substituents is 1. The highest BCUT2D eigenvalue weighted by molar-refractivity contribution is 9.10. The first-order valence-corrected chi connectivity index (χ1v) is 4.40. The van der Waals surface area contributed by atoms with E-state index in [2.05, 4.69) is 15.9 Å². The van der Waals surface area contributed by atoms with Crippen molar-refractivity contribution in [3.8, 4) is 0 Å². The van der Waals surface area contributed by atoms with Gasteiger partial charge in [-0.1, -0.05) is 15.9 Å². The molecule has 1 aromatic carbocycles. The van der Waals surface area contributed by atoms with E-state index in [1.165, 1.54) is 6.07 Å². The monoisotopic (exact) mass is 245 g/mol. The Morgan fingerprint density at radius 1 is 1.62 bits per heavy atom. The van der Waals surface area contributed by atoms with Crippen LogP contribution in [0.25, 0.3) is 0 Å². The lowest BCUT2D eigenvalue weighted by Crippen LogP contribution is -1.98. The number of nitro groups is 1. The zero-order valence-corrected chi connectivity index (χ0v) is 8.54. The Hall–Kier alpha value is -0.940. The molecular weight excluding hydrogens is 238 g/mol. The number of halogens is 1. The van der Waals surface area contributed by atoms with Gasteiger partial charge in [0.15, 0.2) is 0 Å². The normalized spacial score (nSPS) is 10.1. The molecule has 0 fully saturated rings. The predicted molar refractivity (Wildman–Crippen MR) is 51.5 cm³/mol. The summed E-state index contributed by atoms with van der Waals surface area (Å²) in [5, 5.41) is 19.5. The van der Waals surface area contributed by atoms with Gasteiger partial charge in [-0.3, -0.25) is 10.1 Å². The first-order valence-electron chi connectivity index (χ1n) is 3.61. The van der Waals surface area contributed by atoms with Gasteiger partial charge in [-0.2, -0.15) is 0 Å². The van der Waals surface area contributed by atoms with Crippen LogP contribution in [0.3, 0.4) is 0 Å². The second-order valence-corrected chi connectivity index (χ2v) is 3.45. The molecular formula is C8H8BrNO3. The van der Waals surface area contributed by atoms with Crippen molar-refractivity contribution in [2.24, 2.45) is 0 Å². The van der Waals surface area contributed by atoms with Crippen LogP contribution in [0.15, 0.2) is 16.6 Å². The van der Waals surface area contributed by atoms with E-state index >= 15 is 0 Å². The molecule has 4 nitrogen and oxygen atoms in total. The minimum absolute atomic E-state index is 0.0168. The Balaban J connectivity index is 3.41. The molecule has 0 aliphatic rings. The third-order valence-electron chi connectivity index (χ3n) is 1.80. The molecule has 0 saturated heterocycles. The summed E-state index contributed by atoms with van der Waals surface area (Å²) in [6, 6.07) is 3.23. The first-order chi connectivity index (χ1) is 6.07. The van der Waals surface area contributed by atoms with Crippen LogP contribution in [0.2, 0.25) is 0 Å². The number of aliphatic hydroxyl groups is 1. The van der Waals surface area contributed by atoms with Gasteiger partial charge >= 0.3 is 0 Å². The van der Waals surface area contributed by atoms with E-state index in [1.54, 1.807) is 13.0 Å². The summed E-state index contributed by atoms with van der Waals surface area (Å²) in [5.74, 6) is 0. The summed E-state index contributed by atoms with van der Waals surface area (Å²) >= 11 is 3.19. The van der Waals surface area contributed by atoms with E-state index in [1.807, 2.05) is 0 Å². The van der Waals surface area contributed by atoms with Crippen LogP contribution in [0.1, 0.15) is 11.1 Å². The summed E-state index contributed by atoms with van der Waals surface area (Å²) in [6.07, 6.45) is 0. The fourth-order valence-electron chi connectivity index (χ4n) is 1.11. The fraction of sp³-hybridized carbons (Fsp3) is 0.250. The Bertz CT molecular complexity index is 351. The molecule has 1 rings (SSSR count). The lowest BCUT2D eigenvalue weighted by Gasteiger charge is -2.03. The van der Waals surface area contributed by atoms with Crippen molar-refractivity contribution in [2.45, 2.75) is 13.5 Å². The van der Waals surface area contributed by atoms with Crippen LogP contribution in [-0.2, 0) is 6.61 Å². The van der Waals surface area contributed by atoms with E-state index in [4.69, 9.17) is 5.11 Å². The Morgan fingerprint density at radius 3 is 2.69 bits per heavy atom. The van der Waals surface area contributed by atoms with Crippen molar-refractivity contribution >= 4 is 21.6 Å². The zero-order chi connectivity index (χ0) is 10.0. The van der Waals surface area contributed by atoms with Crippen molar-refractivity contribution in [3.05, 3.63) is 37.8 Å². The minimum Gasteiger partial charge on any atom is -0.391 e. The molecule has 1 N–H and O–H groups in total. The van der Waals surface area contributed by atoms with Crippen LogP contribution < -0.4 is 0 Å². The van der Waals surface area contributed by atoms with Crippen LogP contribution in [0.5, 0.6) is 0 Å². The quantitative estimate of drug-likeness (QED) is 0.642. The molecule has 0 aromatic heterocycles. The third kappa shape index (κ3) is 1.87. The summed E-state index contributed by atoms with van der Waals surface area (Å²) in [7, 11) is 0. The van der Waals surface area contributed by atoms with Crippen LogP contribution in [-0.4, -0.2) is 10.0 Å². The SMILES string of the molecule is Cc1c(Br)ccc(CO)c1[N+](=O)[O-]. The van der Waals surface area contributed by atoms with Crippen molar-refractivity contribution in [1.82, 2.24) is 0 Å². The second-order valence-electron chi connectivity index (χ2n) is 2.60. The van der Waals surface area contributed by atoms with Gasteiger partial charge in [-0.15, -0.1) is 0 Å². The van der Waals surface area contributed by atoms with Gasteiger partial charge in [-0.05, 0) is 19.1 Å². The number of hydrogen-bond donors (Lipinski definition) is 1. The summed E-state index contributed by atoms with van der Waals surface area (Å²) in [4.78, 5) is 10.1. The van der Waals surface area contributed by atoms with Crippen LogP contribution in [0, 0.1) is 17.0 Å². The number of nitrogens with zero attached hydrogens (tertiary/aromatic N) is 1. The average molecular weight is 246 g/mol. The molecule has 0 saturated carbocycles. The maximum absolute atomic E-state index is 10.6. The van der Waals surface area contributed by atoms with Crippen molar-refractivity contribution in [2.75, 3.05) is 0 Å². The minimum atomic E-state index is -0.481. The van der Waals surface area contributed by atoms with Gasteiger partial charge in [-0.25, -0.2) is 0 Å². The third-order valence-corrected chi connectivity index (χ3v) is 2.66. The largest absolute Gasteiger partial charge is 0.391 e. The number of benzene rings is 1. The molecule has 0 unspecified atom stereocenters. The van der Waals surface area contributed by atoms with E-state index in [0.29, 0.717) is 15.6 Å². The second kappa shape index (κ2) is 3.85. The highest BCUT2D eigenvalue weighted by atomic mass is 79.9. The van der Waals surface area contributed by atoms with E-state index in [-0.39, 0.29) is 12.3 Å². The van der Waals surface area contributed by atoms with Crippen molar-refractivity contribution in [1.29, 1.82) is 0 Å². The predicted octanol–water partition coefficient (Wildman–Crippen LogP) is 2.16. The molecule has 13 heavy (non-hydrogen) atoms. The lowest BCUT2D eigenvalue weighted by molar-refractivity contribution is -0.386. The summed E-state index contributed by atoms with van der Waals surface area (Å²) < 4.78 is 0.677. The molecule has 0 aliphatic heterocycles. The Morgan fingerprint density at radius 2 is 2.23 bits per heavy atom. The average Bonchev–Trinajstić information content (AvgIpc) is 2.08. The molecule has 1 aromatic rings. The summed E-state index contributed by atoms with van der Waals surface area (Å²) in [5.41, 5.74) is 0.860. The van der Waals surface area contributed by atoms with E-state index in [9.17, 15) is 10.1 Å². The smallest absolute Gasteiger partial charge is 0.278 e. The first kappa shape index (κ1) is 10.1. The number of aliphatic hydroxyl groups excluding tert-OH is 1. The summed E-state index contributed by atoms with van der Waals surface area (Å²) in [6.45, 7) is 1.33. The molecule has 0 amide bonds. The van der Waals surface area contributed by atoms with E-state index in [0.717, 1.165) is 0 Å². The topological polar surface area (TPSA) is 63.4 Å². The van der Waals surface area contributed by atoms with Gasteiger partial charge in [0.25, 0.3) is 5.69 Å². The molecule has 0 spiro atoms. The molecule has 0 aliphatic carbocycles. The molecule has 0 atom stereocenters. The molecule has 5 heteroatoms. The van der Waals surface area contributed by atoms with Crippen molar-refractivity contribution < 1.29 is 10.0 Å². The van der Waals surface area contributed by atoms with Gasteiger partial charge in [0.1, 0.15) is 0 Å².